The third-order valence-electron chi connectivity index (χ3n) is 8.99. The van der Waals surface area contributed by atoms with E-state index in [2.05, 4.69) is 13.8 Å². The molecule has 0 heterocycles. The first kappa shape index (κ1) is 19.8. The van der Waals surface area contributed by atoms with Gasteiger partial charge in [-0.1, -0.05) is 19.4 Å². The summed E-state index contributed by atoms with van der Waals surface area (Å²) in [6.45, 7) is 5.20. The molecule has 3 fully saturated rings. The van der Waals surface area contributed by atoms with Crippen molar-refractivity contribution in [2.24, 2.45) is 28.6 Å². The maximum Gasteiger partial charge on any atom is 0.303 e. The molecule has 0 bridgehead atoms. The SMILES string of the molecule is CC(=O)O[C@]1(C(=O)CO)CC[C@@H]2[C@@H]3CCC4=CC(=O)CC[C@]4(C)[C@@H]3CC[C@@]21C. The fraction of sp³-hybridized carbons (Fsp3) is 0.783. The highest BCUT2D eigenvalue weighted by Gasteiger charge is 2.68. The molecule has 5 nitrogen and oxygen atoms in total. The molecule has 0 unspecified atom stereocenters. The largest absolute Gasteiger partial charge is 0.451 e. The van der Waals surface area contributed by atoms with E-state index in [4.69, 9.17) is 4.74 Å². The van der Waals surface area contributed by atoms with E-state index in [-0.39, 0.29) is 17.0 Å². The van der Waals surface area contributed by atoms with E-state index >= 15 is 0 Å². The van der Waals surface area contributed by atoms with Crippen LogP contribution in [0, 0.1) is 28.6 Å². The lowest BCUT2D eigenvalue weighted by molar-refractivity contribution is -0.189. The number of Topliss-reactive ketones (excluding diaryl/α,β-unsaturated/α-hetero) is 1. The van der Waals surface area contributed by atoms with Crippen LogP contribution in [0.2, 0.25) is 0 Å². The van der Waals surface area contributed by atoms with Crippen LogP contribution in [0.15, 0.2) is 11.6 Å². The van der Waals surface area contributed by atoms with Crippen LogP contribution in [0.4, 0.5) is 0 Å². The molecule has 0 aromatic rings. The van der Waals surface area contributed by atoms with Gasteiger partial charge in [0.05, 0.1) is 0 Å². The summed E-state index contributed by atoms with van der Waals surface area (Å²) < 4.78 is 5.75. The van der Waals surface area contributed by atoms with Gasteiger partial charge in [-0.25, -0.2) is 0 Å². The first-order valence-electron chi connectivity index (χ1n) is 10.8. The molecule has 3 saturated carbocycles. The number of ether oxygens (including phenoxy) is 1. The highest BCUT2D eigenvalue weighted by molar-refractivity contribution is 5.92. The van der Waals surface area contributed by atoms with Crippen molar-refractivity contribution in [2.45, 2.75) is 77.7 Å². The second-order valence-electron chi connectivity index (χ2n) is 9.97. The standard InChI is InChI=1S/C23H32O5/c1-14(25)28-23(20(27)13-24)11-8-19-17-5-4-15-12-16(26)6-9-21(15,2)18(17)7-10-22(19,23)3/h12,17-19,24H,4-11,13H2,1-3H3/t17-,18-,19-,21+,22+,23+/m1/s1. The lowest BCUT2D eigenvalue weighted by atomic mass is 9.46. The van der Waals surface area contributed by atoms with E-state index in [0.29, 0.717) is 30.6 Å². The fourth-order valence-electron chi connectivity index (χ4n) is 7.61. The minimum Gasteiger partial charge on any atom is -0.451 e. The van der Waals surface area contributed by atoms with Gasteiger partial charge in [0.15, 0.2) is 11.4 Å². The van der Waals surface area contributed by atoms with Crippen molar-refractivity contribution < 1.29 is 24.2 Å². The quantitative estimate of drug-likeness (QED) is 0.750. The van der Waals surface area contributed by atoms with Crippen LogP contribution in [-0.2, 0) is 19.1 Å². The van der Waals surface area contributed by atoms with E-state index in [9.17, 15) is 19.5 Å². The molecule has 0 amide bonds. The van der Waals surface area contributed by atoms with E-state index in [0.717, 1.165) is 38.5 Å². The molecule has 1 N–H and O–H groups in total. The molecular formula is C23H32O5. The van der Waals surface area contributed by atoms with Crippen LogP contribution < -0.4 is 0 Å². The average Bonchev–Trinajstić information content (AvgIpc) is 2.94. The van der Waals surface area contributed by atoms with Gasteiger partial charge < -0.3 is 9.84 Å². The Morgan fingerprint density at radius 2 is 1.82 bits per heavy atom. The number of ketones is 2. The Labute approximate surface area is 166 Å². The molecule has 0 aliphatic heterocycles. The Bertz CT molecular complexity index is 754. The van der Waals surface area contributed by atoms with Crippen molar-refractivity contribution in [2.75, 3.05) is 6.61 Å². The second-order valence-corrected chi connectivity index (χ2v) is 9.97. The summed E-state index contributed by atoms with van der Waals surface area (Å²) in [6.07, 6.45) is 8.59. The van der Waals surface area contributed by atoms with Gasteiger partial charge in [-0.05, 0) is 74.2 Å². The molecule has 5 heteroatoms. The summed E-state index contributed by atoms with van der Waals surface area (Å²) in [5.41, 5.74) is -0.222. The zero-order valence-electron chi connectivity index (χ0n) is 17.3. The zero-order valence-corrected chi connectivity index (χ0v) is 17.3. The maximum absolute atomic E-state index is 12.8. The highest BCUT2D eigenvalue weighted by atomic mass is 16.6. The molecule has 0 aromatic heterocycles. The number of allylic oxidation sites excluding steroid dienone is 1. The van der Waals surface area contributed by atoms with Crippen molar-refractivity contribution in [1.29, 1.82) is 0 Å². The van der Waals surface area contributed by atoms with Crippen molar-refractivity contribution in [3.63, 3.8) is 0 Å². The van der Waals surface area contributed by atoms with Gasteiger partial charge >= 0.3 is 5.97 Å². The summed E-state index contributed by atoms with van der Waals surface area (Å²) in [5.74, 6) is 0.746. The summed E-state index contributed by atoms with van der Waals surface area (Å²) in [5, 5.41) is 9.65. The molecular weight excluding hydrogens is 356 g/mol. The minimum atomic E-state index is -1.19. The van der Waals surface area contributed by atoms with Crippen LogP contribution in [-0.4, -0.2) is 34.9 Å². The summed E-state index contributed by atoms with van der Waals surface area (Å²) in [7, 11) is 0. The van der Waals surface area contributed by atoms with Crippen LogP contribution in [0.25, 0.3) is 0 Å². The Morgan fingerprint density at radius 3 is 2.50 bits per heavy atom. The van der Waals surface area contributed by atoms with Gasteiger partial charge in [0.25, 0.3) is 0 Å². The monoisotopic (exact) mass is 388 g/mol. The molecule has 0 saturated heterocycles. The van der Waals surface area contributed by atoms with Crippen molar-refractivity contribution >= 4 is 17.5 Å². The van der Waals surface area contributed by atoms with Crippen molar-refractivity contribution in [3.05, 3.63) is 11.6 Å². The van der Waals surface area contributed by atoms with E-state index in [1.54, 1.807) is 0 Å². The summed E-state index contributed by atoms with van der Waals surface area (Å²) in [6, 6.07) is 0. The molecule has 154 valence electrons. The van der Waals surface area contributed by atoms with Gasteiger partial charge in [-0.3, -0.25) is 14.4 Å². The molecule has 0 spiro atoms. The molecule has 4 aliphatic rings. The molecule has 0 aromatic carbocycles. The van der Waals surface area contributed by atoms with E-state index in [1.807, 2.05) is 6.08 Å². The number of fused-ring (bicyclic) bond motifs is 5. The van der Waals surface area contributed by atoms with Crippen molar-refractivity contribution in [1.82, 2.24) is 0 Å². The van der Waals surface area contributed by atoms with Crippen molar-refractivity contribution in [3.8, 4) is 0 Å². The Hall–Kier alpha value is -1.49. The molecule has 0 radical (unpaired) electrons. The van der Waals surface area contributed by atoms with Crippen LogP contribution in [0.1, 0.15) is 72.1 Å². The molecule has 6 atom stereocenters. The minimum absolute atomic E-state index is 0.0752. The van der Waals surface area contributed by atoms with E-state index in [1.165, 1.54) is 12.5 Å². The third kappa shape index (κ3) is 2.51. The number of aliphatic hydroxyl groups excluding tert-OH is 1. The number of esters is 1. The molecule has 4 rings (SSSR count). The Kier molecular flexibility index (Phi) is 4.61. The predicted molar refractivity (Wildman–Crippen MR) is 103 cm³/mol. The summed E-state index contributed by atoms with van der Waals surface area (Å²) >= 11 is 0. The van der Waals surface area contributed by atoms with Crippen LogP contribution in [0.3, 0.4) is 0 Å². The van der Waals surface area contributed by atoms with Gasteiger partial charge in [0, 0.05) is 18.8 Å². The first-order valence-corrected chi connectivity index (χ1v) is 10.8. The van der Waals surface area contributed by atoms with Crippen LogP contribution in [0.5, 0.6) is 0 Å². The number of carbonyl (C=O) groups excluding carboxylic acids is 3. The lowest BCUT2D eigenvalue weighted by Gasteiger charge is -2.59. The number of carbonyl (C=O) groups is 3. The van der Waals surface area contributed by atoms with Gasteiger partial charge in [-0.15, -0.1) is 0 Å². The topological polar surface area (TPSA) is 80.7 Å². The molecule has 28 heavy (non-hydrogen) atoms. The number of rotatable bonds is 3. The first-order chi connectivity index (χ1) is 13.2. The maximum atomic E-state index is 12.8. The van der Waals surface area contributed by atoms with Crippen LogP contribution >= 0.6 is 0 Å². The predicted octanol–water partition coefficient (Wildman–Crippen LogP) is 3.38. The van der Waals surface area contributed by atoms with E-state index < -0.39 is 23.6 Å². The Balaban J connectivity index is 1.70. The number of aliphatic hydroxyl groups is 1. The van der Waals surface area contributed by atoms with Gasteiger partial charge in [0.1, 0.15) is 6.61 Å². The van der Waals surface area contributed by atoms with Gasteiger partial charge in [-0.2, -0.15) is 0 Å². The zero-order chi connectivity index (χ0) is 20.3. The number of hydrogen-bond acceptors (Lipinski definition) is 5. The summed E-state index contributed by atoms with van der Waals surface area (Å²) in [4.78, 5) is 36.7. The highest BCUT2D eigenvalue weighted by Crippen LogP contribution is 2.68. The molecule has 4 aliphatic carbocycles. The normalized spacial score (nSPS) is 44.8. The third-order valence-corrected chi connectivity index (χ3v) is 8.99. The average molecular weight is 389 g/mol. The lowest BCUT2D eigenvalue weighted by Crippen LogP contribution is -2.59. The second kappa shape index (κ2) is 6.51. The Morgan fingerprint density at radius 1 is 1.11 bits per heavy atom. The fourth-order valence-corrected chi connectivity index (χ4v) is 7.61. The smallest absolute Gasteiger partial charge is 0.303 e. The van der Waals surface area contributed by atoms with Gasteiger partial charge in [0.2, 0.25) is 5.78 Å². The number of hydrogen-bond donors (Lipinski definition) is 1.